The van der Waals surface area contributed by atoms with Crippen molar-refractivity contribution in [2.75, 3.05) is 23.9 Å². The lowest BCUT2D eigenvalue weighted by molar-refractivity contribution is 0.0894. The fourth-order valence-electron chi connectivity index (χ4n) is 3.98. The second-order valence-electron chi connectivity index (χ2n) is 7.23. The van der Waals surface area contributed by atoms with Crippen molar-refractivity contribution < 1.29 is 9.59 Å². The average molecular weight is 366 g/mol. The smallest absolute Gasteiger partial charge is 0.266 e. The largest absolute Gasteiger partial charge is 0.378 e. The van der Waals surface area contributed by atoms with Crippen molar-refractivity contribution in [3.63, 3.8) is 0 Å². The molecule has 4 aromatic carbocycles. The highest BCUT2D eigenvalue weighted by Crippen LogP contribution is 2.37. The number of fused-ring (bicyclic) bond motifs is 2. The van der Waals surface area contributed by atoms with E-state index in [0.29, 0.717) is 16.8 Å². The van der Waals surface area contributed by atoms with Crippen molar-refractivity contribution in [3.8, 4) is 0 Å². The lowest BCUT2D eigenvalue weighted by atomic mass is 9.89. The van der Waals surface area contributed by atoms with E-state index in [4.69, 9.17) is 0 Å². The van der Waals surface area contributed by atoms with Crippen LogP contribution in [0.15, 0.2) is 72.8 Å². The lowest BCUT2D eigenvalue weighted by Gasteiger charge is -2.28. The van der Waals surface area contributed by atoms with Crippen molar-refractivity contribution in [1.29, 1.82) is 0 Å². The topological polar surface area (TPSA) is 40.6 Å². The van der Waals surface area contributed by atoms with E-state index in [-0.39, 0.29) is 11.8 Å². The fraction of sp³-hybridized carbons (Fsp3) is 0.0833. The average Bonchev–Trinajstić information content (AvgIpc) is 2.71. The molecule has 0 radical (unpaired) electrons. The molecule has 4 aromatic rings. The van der Waals surface area contributed by atoms with Gasteiger partial charge < -0.3 is 4.90 Å². The number of carbonyl (C=O) groups is 2. The van der Waals surface area contributed by atoms with E-state index >= 15 is 0 Å². The first-order valence-corrected chi connectivity index (χ1v) is 9.17. The minimum atomic E-state index is -0.281. The number of nitrogens with zero attached hydrogens (tertiary/aromatic N) is 2. The van der Waals surface area contributed by atoms with Crippen molar-refractivity contribution in [2.24, 2.45) is 0 Å². The van der Waals surface area contributed by atoms with Gasteiger partial charge in [-0.3, -0.25) is 9.59 Å². The summed E-state index contributed by atoms with van der Waals surface area (Å²) in [6.07, 6.45) is 0. The summed E-state index contributed by atoms with van der Waals surface area (Å²) in [4.78, 5) is 30.1. The van der Waals surface area contributed by atoms with Gasteiger partial charge in [-0.1, -0.05) is 36.4 Å². The maximum Gasteiger partial charge on any atom is 0.266 e. The van der Waals surface area contributed by atoms with Crippen LogP contribution in [0.25, 0.3) is 21.5 Å². The summed E-state index contributed by atoms with van der Waals surface area (Å²) in [5.41, 5.74) is 2.75. The van der Waals surface area contributed by atoms with E-state index in [2.05, 4.69) is 0 Å². The van der Waals surface area contributed by atoms with Gasteiger partial charge in [-0.25, -0.2) is 4.90 Å². The Kier molecular flexibility index (Phi) is 3.49. The minimum absolute atomic E-state index is 0.275. The molecular weight excluding hydrogens is 348 g/mol. The lowest BCUT2D eigenvalue weighted by Crippen LogP contribution is -2.40. The van der Waals surface area contributed by atoms with Gasteiger partial charge in [0, 0.05) is 30.7 Å². The molecule has 0 aliphatic carbocycles. The predicted molar refractivity (Wildman–Crippen MR) is 113 cm³/mol. The van der Waals surface area contributed by atoms with Gasteiger partial charge in [-0.2, -0.15) is 0 Å². The Morgan fingerprint density at radius 1 is 0.750 bits per heavy atom. The van der Waals surface area contributed by atoms with E-state index in [0.717, 1.165) is 27.2 Å². The van der Waals surface area contributed by atoms with Crippen LogP contribution >= 0.6 is 0 Å². The van der Waals surface area contributed by atoms with Gasteiger partial charge in [0.2, 0.25) is 0 Å². The molecule has 0 bridgehead atoms. The van der Waals surface area contributed by atoms with E-state index in [1.54, 1.807) is 6.07 Å². The normalized spacial score (nSPS) is 13.4. The zero-order chi connectivity index (χ0) is 19.4. The molecule has 4 nitrogen and oxygen atoms in total. The summed E-state index contributed by atoms with van der Waals surface area (Å²) in [6.45, 7) is 0. The number of carbonyl (C=O) groups excluding carboxylic acids is 2. The van der Waals surface area contributed by atoms with Crippen LogP contribution in [0.4, 0.5) is 11.4 Å². The Labute approximate surface area is 162 Å². The molecule has 0 N–H and O–H groups in total. The molecule has 136 valence electrons. The molecule has 1 aliphatic rings. The van der Waals surface area contributed by atoms with E-state index in [1.807, 2.05) is 85.7 Å². The summed E-state index contributed by atoms with van der Waals surface area (Å²) in [5, 5.41) is 3.52. The second-order valence-corrected chi connectivity index (χ2v) is 7.23. The van der Waals surface area contributed by atoms with E-state index in [9.17, 15) is 9.59 Å². The minimum Gasteiger partial charge on any atom is -0.378 e. The SMILES string of the molecule is CN(C)c1ccc(N2C(=O)c3cccc4cc5ccccc5c(c34)C2=O)cc1. The quantitative estimate of drug-likeness (QED) is 0.376. The highest BCUT2D eigenvalue weighted by Gasteiger charge is 2.35. The summed E-state index contributed by atoms with van der Waals surface area (Å²) >= 11 is 0. The third-order valence-electron chi connectivity index (χ3n) is 5.36. The zero-order valence-electron chi connectivity index (χ0n) is 15.6. The highest BCUT2D eigenvalue weighted by molar-refractivity contribution is 6.39. The monoisotopic (exact) mass is 366 g/mol. The molecule has 1 aliphatic heterocycles. The molecule has 2 amide bonds. The number of hydrogen-bond acceptors (Lipinski definition) is 3. The van der Waals surface area contributed by atoms with Crippen LogP contribution in [-0.4, -0.2) is 25.9 Å². The predicted octanol–water partition coefficient (Wildman–Crippen LogP) is 4.86. The third-order valence-corrected chi connectivity index (χ3v) is 5.36. The summed E-state index contributed by atoms with van der Waals surface area (Å²) in [6, 6.07) is 23.0. The van der Waals surface area contributed by atoms with Gasteiger partial charge in [0.25, 0.3) is 11.8 Å². The molecule has 0 aromatic heterocycles. The molecule has 0 unspecified atom stereocenters. The van der Waals surface area contributed by atoms with Crippen LogP contribution in [0, 0.1) is 0 Å². The molecule has 4 heteroatoms. The Morgan fingerprint density at radius 3 is 2.21 bits per heavy atom. The number of amides is 2. The first-order valence-electron chi connectivity index (χ1n) is 9.17. The van der Waals surface area contributed by atoms with Crippen molar-refractivity contribution in [3.05, 3.63) is 83.9 Å². The number of benzene rings is 4. The molecular formula is C24H18N2O2. The molecule has 0 spiro atoms. The molecule has 0 fully saturated rings. The van der Waals surface area contributed by atoms with Crippen LogP contribution in [0.5, 0.6) is 0 Å². The molecule has 0 saturated heterocycles. The number of hydrogen-bond donors (Lipinski definition) is 0. The highest BCUT2D eigenvalue weighted by atomic mass is 16.2. The Bertz CT molecular complexity index is 1270. The van der Waals surface area contributed by atoms with Gasteiger partial charge in [-0.15, -0.1) is 0 Å². The van der Waals surface area contributed by atoms with Gasteiger partial charge in [0.1, 0.15) is 0 Å². The van der Waals surface area contributed by atoms with Crippen molar-refractivity contribution in [2.45, 2.75) is 0 Å². The van der Waals surface area contributed by atoms with E-state index < -0.39 is 0 Å². The van der Waals surface area contributed by atoms with Crippen LogP contribution < -0.4 is 9.80 Å². The Morgan fingerprint density at radius 2 is 1.46 bits per heavy atom. The third kappa shape index (κ3) is 2.24. The fourth-order valence-corrected chi connectivity index (χ4v) is 3.98. The zero-order valence-corrected chi connectivity index (χ0v) is 15.6. The molecule has 1 heterocycles. The van der Waals surface area contributed by atoms with Gasteiger partial charge in [0.05, 0.1) is 11.3 Å². The Hall–Kier alpha value is -3.66. The number of anilines is 2. The van der Waals surface area contributed by atoms with Crippen LogP contribution in [-0.2, 0) is 0 Å². The maximum atomic E-state index is 13.5. The second kappa shape index (κ2) is 5.92. The summed E-state index contributed by atoms with van der Waals surface area (Å²) in [5.74, 6) is -0.556. The van der Waals surface area contributed by atoms with Crippen molar-refractivity contribution >= 4 is 44.7 Å². The van der Waals surface area contributed by atoms with Crippen LogP contribution in [0.1, 0.15) is 20.7 Å². The van der Waals surface area contributed by atoms with Crippen molar-refractivity contribution in [1.82, 2.24) is 0 Å². The summed E-state index contributed by atoms with van der Waals surface area (Å²) < 4.78 is 0. The summed E-state index contributed by atoms with van der Waals surface area (Å²) in [7, 11) is 3.91. The van der Waals surface area contributed by atoms with Crippen LogP contribution in [0.2, 0.25) is 0 Å². The van der Waals surface area contributed by atoms with Gasteiger partial charge in [-0.05, 0) is 52.6 Å². The van der Waals surface area contributed by atoms with Gasteiger partial charge in [0.15, 0.2) is 0 Å². The van der Waals surface area contributed by atoms with Gasteiger partial charge >= 0.3 is 0 Å². The molecule has 0 atom stereocenters. The Balaban J connectivity index is 1.78. The van der Waals surface area contributed by atoms with E-state index in [1.165, 1.54) is 4.90 Å². The molecule has 5 rings (SSSR count). The first-order chi connectivity index (χ1) is 13.6. The molecule has 0 saturated carbocycles. The standard InChI is InChI=1S/C24H18N2O2/c1-25(2)17-10-12-18(13-11-17)26-23(27)20-9-5-7-16-14-15-6-3-4-8-19(15)22(21(16)20)24(26)28/h3-14H,1-2H3. The number of imide groups is 1. The maximum absolute atomic E-state index is 13.5. The van der Waals surface area contributed by atoms with Crippen LogP contribution in [0.3, 0.4) is 0 Å². The first kappa shape index (κ1) is 16.5. The molecule has 28 heavy (non-hydrogen) atoms. The number of rotatable bonds is 2.